The Hall–Kier alpha value is -1.36. The van der Waals surface area contributed by atoms with Crippen molar-refractivity contribution in [3.63, 3.8) is 0 Å². The van der Waals surface area contributed by atoms with Gasteiger partial charge in [0.15, 0.2) is 9.84 Å². The summed E-state index contributed by atoms with van der Waals surface area (Å²) in [5.74, 6) is -0.194. The number of hydrogen-bond donors (Lipinski definition) is 0. The number of nitrogens with zero attached hydrogens (tertiary/aromatic N) is 1. The second-order valence-electron chi connectivity index (χ2n) is 6.90. The number of rotatable bonds is 4. The van der Waals surface area contributed by atoms with Gasteiger partial charge in [0.05, 0.1) is 5.25 Å². The molecule has 1 aromatic carbocycles. The molecule has 0 unspecified atom stereocenters. The fraction of sp³-hybridized carbons (Fsp3) is 0.611. The largest absolute Gasteiger partial charge is 0.341 e. The second kappa shape index (κ2) is 6.63. The first-order chi connectivity index (χ1) is 11.0. The van der Waals surface area contributed by atoms with Gasteiger partial charge in [-0.1, -0.05) is 37.1 Å². The van der Waals surface area contributed by atoms with Gasteiger partial charge >= 0.3 is 0 Å². The van der Waals surface area contributed by atoms with E-state index in [9.17, 15) is 13.2 Å². The SMILES string of the molecule is Cc1ccccc1[C@H]1CCN(C(=O)CS(=O)(=O)C2CCCC2)C1. The molecule has 0 spiro atoms. The van der Waals surface area contributed by atoms with Gasteiger partial charge in [0.2, 0.25) is 5.91 Å². The van der Waals surface area contributed by atoms with Crippen molar-refractivity contribution < 1.29 is 13.2 Å². The predicted octanol–water partition coefficient (Wildman–Crippen LogP) is 2.67. The summed E-state index contributed by atoms with van der Waals surface area (Å²) in [7, 11) is -3.28. The highest BCUT2D eigenvalue weighted by atomic mass is 32.2. The smallest absolute Gasteiger partial charge is 0.237 e. The molecule has 1 saturated heterocycles. The van der Waals surface area contributed by atoms with E-state index >= 15 is 0 Å². The van der Waals surface area contributed by atoms with Crippen molar-refractivity contribution in [1.82, 2.24) is 4.90 Å². The van der Waals surface area contributed by atoms with Gasteiger partial charge in [-0.05, 0) is 37.3 Å². The number of benzene rings is 1. The minimum absolute atomic E-state index is 0.215. The van der Waals surface area contributed by atoms with E-state index in [-0.39, 0.29) is 16.9 Å². The Morgan fingerprint density at radius 3 is 2.57 bits per heavy atom. The number of carbonyl (C=O) groups excluding carboxylic acids is 1. The highest BCUT2D eigenvalue weighted by Gasteiger charge is 2.34. The monoisotopic (exact) mass is 335 g/mol. The summed E-state index contributed by atoms with van der Waals surface area (Å²) in [6.07, 6.45) is 4.30. The average molecular weight is 335 g/mol. The lowest BCUT2D eigenvalue weighted by Gasteiger charge is -2.19. The van der Waals surface area contributed by atoms with E-state index in [1.807, 2.05) is 12.1 Å². The van der Waals surface area contributed by atoms with Crippen molar-refractivity contribution in [2.24, 2.45) is 0 Å². The summed E-state index contributed by atoms with van der Waals surface area (Å²) in [6.45, 7) is 3.40. The molecule has 1 aliphatic heterocycles. The van der Waals surface area contributed by atoms with Gasteiger partial charge in [0.1, 0.15) is 5.75 Å². The van der Waals surface area contributed by atoms with Crippen LogP contribution in [0.25, 0.3) is 0 Å². The molecule has 5 heteroatoms. The van der Waals surface area contributed by atoms with E-state index < -0.39 is 9.84 Å². The molecule has 1 amide bonds. The maximum Gasteiger partial charge on any atom is 0.237 e. The van der Waals surface area contributed by atoms with E-state index in [0.717, 1.165) is 32.1 Å². The summed E-state index contributed by atoms with van der Waals surface area (Å²) in [6, 6.07) is 8.25. The number of hydrogen-bond acceptors (Lipinski definition) is 3. The van der Waals surface area contributed by atoms with Crippen LogP contribution in [0.5, 0.6) is 0 Å². The molecule has 2 aliphatic rings. The normalized spacial score (nSPS) is 22.7. The van der Waals surface area contributed by atoms with E-state index in [0.29, 0.717) is 19.0 Å². The third-order valence-corrected chi connectivity index (χ3v) is 7.44. The van der Waals surface area contributed by atoms with Crippen molar-refractivity contribution in [3.8, 4) is 0 Å². The molecule has 1 aliphatic carbocycles. The Balaban J connectivity index is 1.62. The topological polar surface area (TPSA) is 54.5 Å². The lowest BCUT2D eigenvalue weighted by Crippen LogP contribution is -2.36. The van der Waals surface area contributed by atoms with Crippen LogP contribution in [0.1, 0.15) is 49.1 Å². The van der Waals surface area contributed by atoms with E-state index in [1.165, 1.54) is 11.1 Å². The lowest BCUT2D eigenvalue weighted by atomic mass is 9.94. The average Bonchev–Trinajstić information content (AvgIpc) is 3.19. The molecule has 3 rings (SSSR count). The van der Waals surface area contributed by atoms with Crippen molar-refractivity contribution in [2.75, 3.05) is 18.8 Å². The second-order valence-corrected chi connectivity index (χ2v) is 9.18. The van der Waals surface area contributed by atoms with Crippen LogP contribution in [-0.4, -0.2) is 43.3 Å². The maximum absolute atomic E-state index is 12.4. The van der Waals surface area contributed by atoms with Crippen LogP contribution >= 0.6 is 0 Å². The molecule has 0 radical (unpaired) electrons. The van der Waals surface area contributed by atoms with Crippen LogP contribution in [0.3, 0.4) is 0 Å². The van der Waals surface area contributed by atoms with Crippen LogP contribution in [0.2, 0.25) is 0 Å². The Morgan fingerprint density at radius 1 is 1.17 bits per heavy atom. The van der Waals surface area contributed by atoms with E-state index in [4.69, 9.17) is 0 Å². The Morgan fingerprint density at radius 2 is 1.87 bits per heavy atom. The zero-order valence-electron chi connectivity index (χ0n) is 13.7. The van der Waals surface area contributed by atoms with Crippen molar-refractivity contribution in [2.45, 2.75) is 50.2 Å². The van der Waals surface area contributed by atoms with E-state index in [1.54, 1.807) is 4.90 Å². The van der Waals surface area contributed by atoms with Gasteiger partial charge in [-0.15, -0.1) is 0 Å². The molecule has 2 fully saturated rings. The zero-order chi connectivity index (χ0) is 16.4. The van der Waals surface area contributed by atoms with Crippen LogP contribution in [0.15, 0.2) is 24.3 Å². The quantitative estimate of drug-likeness (QED) is 0.850. The third kappa shape index (κ3) is 3.60. The highest BCUT2D eigenvalue weighted by molar-refractivity contribution is 7.92. The molecule has 0 bridgehead atoms. The summed E-state index contributed by atoms with van der Waals surface area (Å²) >= 11 is 0. The summed E-state index contributed by atoms with van der Waals surface area (Å²) in [5.41, 5.74) is 2.52. The van der Waals surface area contributed by atoms with Gasteiger partial charge in [0.25, 0.3) is 0 Å². The van der Waals surface area contributed by atoms with Crippen molar-refractivity contribution >= 4 is 15.7 Å². The minimum Gasteiger partial charge on any atom is -0.341 e. The van der Waals surface area contributed by atoms with Gasteiger partial charge < -0.3 is 4.90 Å². The first-order valence-corrected chi connectivity index (χ1v) is 10.2. The molecule has 23 heavy (non-hydrogen) atoms. The molecule has 4 nitrogen and oxygen atoms in total. The Kier molecular flexibility index (Phi) is 4.76. The maximum atomic E-state index is 12.4. The molecular weight excluding hydrogens is 310 g/mol. The third-order valence-electron chi connectivity index (χ3n) is 5.30. The summed E-state index contributed by atoms with van der Waals surface area (Å²) in [5, 5.41) is -0.291. The Labute approximate surface area is 138 Å². The number of amides is 1. The molecule has 0 N–H and O–H groups in total. The number of likely N-dealkylation sites (tertiary alicyclic amines) is 1. The van der Waals surface area contributed by atoms with Crippen LogP contribution in [0.4, 0.5) is 0 Å². The first-order valence-electron chi connectivity index (χ1n) is 8.52. The molecule has 1 atom stereocenters. The van der Waals surface area contributed by atoms with Crippen molar-refractivity contribution in [1.29, 1.82) is 0 Å². The van der Waals surface area contributed by atoms with E-state index in [2.05, 4.69) is 19.1 Å². The molecule has 1 saturated carbocycles. The van der Waals surface area contributed by atoms with Crippen molar-refractivity contribution in [3.05, 3.63) is 35.4 Å². The standard InChI is InChI=1S/C18H25NO3S/c1-14-6-2-5-9-17(14)15-10-11-19(12-15)18(20)13-23(21,22)16-7-3-4-8-16/h2,5-6,9,15-16H,3-4,7-8,10-13H2,1H3/t15-/m0/s1. The minimum atomic E-state index is -3.28. The lowest BCUT2D eigenvalue weighted by molar-refractivity contribution is -0.127. The van der Waals surface area contributed by atoms with Crippen LogP contribution in [0, 0.1) is 6.92 Å². The molecule has 1 aromatic rings. The van der Waals surface area contributed by atoms with Crippen LogP contribution in [-0.2, 0) is 14.6 Å². The fourth-order valence-corrected chi connectivity index (χ4v) is 5.73. The Bertz CT molecular complexity index is 677. The fourth-order valence-electron chi connectivity index (χ4n) is 3.91. The summed E-state index contributed by atoms with van der Waals surface area (Å²) < 4.78 is 24.7. The molecule has 1 heterocycles. The highest BCUT2D eigenvalue weighted by Crippen LogP contribution is 2.30. The first kappa shape index (κ1) is 16.5. The number of carbonyl (C=O) groups is 1. The van der Waals surface area contributed by atoms with Crippen LogP contribution < -0.4 is 0 Å². The summed E-state index contributed by atoms with van der Waals surface area (Å²) in [4.78, 5) is 14.2. The predicted molar refractivity (Wildman–Crippen MR) is 91.2 cm³/mol. The van der Waals surface area contributed by atoms with Gasteiger partial charge in [-0.2, -0.15) is 0 Å². The number of aryl methyl sites for hydroxylation is 1. The van der Waals surface area contributed by atoms with Gasteiger partial charge in [0, 0.05) is 19.0 Å². The van der Waals surface area contributed by atoms with Gasteiger partial charge in [-0.3, -0.25) is 4.79 Å². The zero-order valence-corrected chi connectivity index (χ0v) is 14.5. The molecule has 0 aromatic heterocycles. The molecule has 126 valence electrons. The molecular formula is C18H25NO3S. The van der Waals surface area contributed by atoms with Gasteiger partial charge in [-0.25, -0.2) is 8.42 Å². The number of sulfone groups is 1.